The Morgan fingerprint density at radius 1 is 1.26 bits per heavy atom. The van der Waals surface area contributed by atoms with E-state index in [1.807, 2.05) is 25.1 Å². The number of fused-ring (bicyclic) bond motifs is 1. The van der Waals surface area contributed by atoms with E-state index >= 15 is 0 Å². The van der Waals surface area contributed by atoms with Gasteiger partial charge in [0, 0.05) is 38.5 Å². The molecule has 0 atom stereocenters. The molecule has 0 spiro atoms. The molecule has 6 heteroatoms. The van der Waals surface area contributed by atoms with Crippen LogP contribution < -0.4 is 5.32 Å². The van der Waals surface area contributed by atoms with Crippen LogP contribution in [-0.4, -0.2) is 41.9 Å². The van der Waals surface area contributed by atoms with Gasteiger partial charge in [0.05, 0.1) is 11.7 Å². The molecule has 0 aliphatic heterocycles. The first-order valence-corrected chi connectivity index (χ1v) is 7.85. The Labute approximate surface area is 135 Å². The molecule has 1 N–H and O–H groups in total. The monoisotopic (exact) mass is 317 g/mol. The summed E-state index contributed by atoms with van der Waals surface area (Å²) < 4.78 is 6.34. The first-order chi connectivity index (χ1) is 11.1. The number of rotatable bonds is 8. The lowest BCUT2D eigenvalue weighted by Crippen LogP contribution is -2.25. The molecule has 23 heavy (non-hydrogen) atoms. The lowest BCUT2D eigenvalue weighted by Gasteiger charge is -2.05. The molecule has 0 bridgehead atoms. The highest BCUT2D eigenvalue weighted by Gasteiger charge is 2.11. The SMILES string of the molecule is COCCCNC(=O)CCCC(=O)n1ncc2cc(C)ccc21. The molecule has 124 valence electrons. The Morgan fingerprint density at radius 2 is 2.09 bits per heavy atom. The highest BCUT2D eigenvalue weighted by atomic mass is 16.5. The number of nitrogens with zero attached hydrogens (tertiary/aromatic N) is 2. The summed E-state index contributed by atoms with van der Waals surface area (Å²) in [6.07, 6.45) is 3.65. The van der Waals surface area contributed by atoms with E-state index in [0.717, 1.165) is 22.9 Å². The minimum absolute atomic E-state index is 0.0325. The fourth-order valence-corrected chi connectivity index (χ4v) is 2.39. The van der Waals surface area contributed by atoms with Gasteiger partial charge in [0.1, 0.15) is 0 Å². The lowest BCUT2D eigenvalue weighted by molar-refractivity contribution is -0.121. The van der Waals surface area contributed by atoms with E-state index in [4.69, 9.17) is 4.74 Å². The van der Waals surface area contributed by atoms with Crippen molar-refractivity contribution in [3.63, 3.8) is 0 Å². The van der Waals surface area contributed by atoms with Crippen molar-refractivity contribution in [1.82, 2.24) is 15.1 Å². The van der Waals surface area contributed by atoms with Gasteiger partial charge in [-0.05, 0) is 31.9 Å². The first-order valence-electron chi connectivity index (χ1n) is 7.85. The summed E-state index contributed by atoms with van der Waals surface area (Å²) in [4.78, 5) is 23.9. The molecule has 0 unspecified atom stereocenters. The second-order valence-corrected chi connectivity index (χ2v) is 5.56. The van der Waals surface area contributed by atoms with Crippen LogP contribution >= 0.6 is 0 Å². The van der Waals surface area contributed by atoms with E-state index in [1.54, 1.807) is 13.3 Å². The van der Waals surface area contributed by atoms with Crippen LogP contribution in [0.3, 0.4) is 0 Å². The van der Waals surface area contributed by atoms with E-state index < -0.39 is 0 Å². The Kier molecular flexibility index (Phi) is 6.29. The Morgan fingerprint density at radius 3 is 2.87 bits per heavy atom. The summed E-state index contributed by atoms with van der Waals surface area (Å²) in [5.74, 6) is -0.120. The predicted octanol–water partition coefficient (Wildman–Crippen LogP) is 2.31. The molecule has 6 nitrogen and oxygen atoms in total. The normalized spacial score (nSPS) is 10.9. The van der Waals surface area contributed by atoms with Crippen LogP contribution in [0.15, 0.2) is 24.4 Å². The maximum atomic E-state index is 12.2. The molecule has 2 aromatic rings. The number of ether oxygens (including phenoxy) is 1. The number of hydrogen-bond acceptors (Lipinski definition) is 4. The van der Waals surface area contributed by atoms with Gasteiger partial charge in [-0.3, -0.25) is 9.59 Å². The van der Waals surface area contributed by atoms with Gasteiger partial charge in [-0.1, -0.05) is 11.6 Å². The minimum Gasteiger partial charge on any atom is -0.385 e. The second-order valence-electron chi connectivity index (χ2n) is 5.56. The van der Waals surface area contributed by atoms with Gasteiger partial charge in [-0.25, -0.2) is 4.68 Å². The highest BCUT2D eigenvalue weighted by molar-refractivity contribution is 5.91. The molecule has 0 saturated carbocycles. The maximum absolute atomic E-state index is 12.2. The number of hydrogen-bond donors (Lipinski definition) is 1. The van der Waals surface area contributed by atoms with Crippen molar-refractivity contribution in [1.29, 1.82) is 0 Å². The summed E-state index contributed by atoms with van der Waals surface area (Å²) >= 11 is 0. The smallest absolute Gasteiger partial charge is 0.247 e. The largest absolute Gasteiger partial charge is 0.385 e. The quantitative estimate of drug-likeness (QED) is 0.758. The standard InChI is InChI=1S/C17H23N3O3/c1-13-7-8-15-14(11-13)12-19-20(15)17(22)6-3-5-16(21)18-9-4-10-23-2/h7-8,11-12H,3-6,9-10H2,1-2H3,(H,18,21). The number of amides is 1. The summed E-state index contributed by atoms with van der Waals surface area (Å²) in [6, 6.07) is 5.86. The second kappa shape index (κ2) is 8.43. The number of aryl methyl sites for hydroxylation is 1. The van der Waals surface area contributed by atoms with Gasteiger partial charge in [-0.15, -0.1) is 0 Å². The van der Waals surface area contributed by atoms with Crippen LogP contribution in [0.4, 0.5) is 0 Å². The minimum atomic E-state index is -0.0870. The van der Waals surface area contributed by atoms with Gasteiger partial charge >= 0.3 is 0 Å². The molecule has 0 aliphatic carbocycles. The molecular formula is C17H23N3O3. The van der Waals surface area contributed by atoms with Crippen molar-refractivity contribution in [2.45, 2.75) is 32.6 Å². The molecule has 2 rings (SSSR count). The van der Waals surface area contributed by atoms with Crippen molar-refractivity contribution in [3.05, 3.63) is 30.0 Å². The van der Waals surface area contributed by atoms with Crippen molar-refractivity contribution in [2.75, 3.05) is 20.3 Å². The summed E-state index contributed by atoms with van der Waals surface area (Å²) in [5.41, 5.74) is 1.94. The van der Waals surface area contributed by atoms with E-state index in [-0.39, 0.29) is 11.8 Å². The van der Waals surface area contributed by atoms with Crippen LogP contribution in [0.2, 0.25) is 0 Å². The first kappa shape index (κ1) is 17.1. The highest BCUT2D eigenvalue weighted by Crippen LogP contribution is 2.16. The van der Waals surface area contributed by atoms with Crippen LogP contribution in [0.25, 0.3) is 10.9 Å². The molecule has 1 aromatic heterocycles. The van der Waals surface area contributed by atoms with Gasteiger partial charge < -0.3 is 10.1 Å². The molecule has 1 amide bonds. The third kappa shape index (κ3) is 4.89. The Hall–Kier alpha value is -2.21. The number of benzene rings is 1. The summed E-state index contributed by atoms with van der Waals surface area (Å²) in [5, 5.41) is 7.92. The van der Waals surface area contributed by atoms with Crippen molar-refractivity contribution < 1.29 is 14.3 Å². The van der Waals surface area contributed by atoms with Crippen LogP contribution in [-0.2, 0) is 9.53 Å². The maximum Gasteiger partial charge on any atom is 0.247 e. The van der Waals surface area contributed by atoms with E-state index in [1.165, 1.54) is 4.68 Å². The van der Waals surface area contributed by atoms with Crippen molar-refractivity contribution in [2.24, 2.45) is 0 Å². The van der Waals surface area contributed by atoms with Crippen LogP contribution in [0, 0.1) is 6.92 Å². The average molecular weight is 317 g/mol. The van der Waals surface area contributed by atoms with Gasteiger partial charge in [0.2, 0.25) is 11.8 Å². The number of carbonyl (C=O) groups excluding carboxylic acids is 2. The number of methoxy groups -OCH3 is 1. The predicted molar refractivity (Wildman–Crippen MR) is 88.5 cm³/mol. The molecule has 0 radical (unpaired) electrons. The third-order valence-corrected chi connectivity index (χ3v) is 3.60. The van der Waals surface area contributed by atoms with Gasteiger partial charge in [0.15, 0.2) is 0 Å². The van der Waals surface area contributed by atoms with Gasteiger partial charge in [-0.2, -0.15) is 5.10 Å². The van der Waals surface area contributed by atoms with Crippen LogP contribution in [0.5, 0.6) is 0 Å². The summed E-state index contributed by atoms with van der Waals surface area (Å²) in [7, 11) is 1.63. The summed E-state index contributed by atoms with van der Waals surface area (Å²) in [6.45, 7) is 3.23. The Balaban J connectivity index is 1.79. The topological polar surface area (TPSA) is 73.2 Å². The van der Waals surface area contributed by atoms with Crippen molar-refractivity contribution >= 4 is 22.7 Å². The van der Waals surface area contributed by atoms with Gasteiger partial charge in [0.25, 0.3) is 0 Å². The number of nitrogens with one attached hydrogen (secondary N) is 1. The third-order valence-electron chi connectivity index (χ3n) is 3.60. The fourth-order valence-electron chi connectivity index (χ4n) is 2.39. The van der Waals surface area contributed by atoms with E-state index in [9.17, 15) is 9.59 Å². The zero-order chi connectivity index (χ0) is 16.7. The van der Waals surface area contributed by atoms with E-state index in [0.29, 0.717) is 32.4 Å². The molecule has 0 fully saturated rings. The fraction of sp³-hybridized carbons (Fsp3) is 0.471. The zero-order valence-electron chi connectivity index (χ0n) is 13.7. The molecule has 0 aliphatic rings. The zero-order valence-corrected chi connectivity index (χ0v) is 13.7. The molecule has 1 heterocycles. The van der Waals surface area contributed by atoms with Crippen LogP contribution in [0.1, 0.15) is 36.0 Å². The Bertz CT molecular complexity index is 679. The number of carbonyl (C=O) groups is 2. The molecular weight excluding hydrogens is 294 g/mol. The average Bonchev–Trinajstić information content (AvgIpc) is 2.94. The molecule has 1 aromatic carbocycles. The van der Waals surface area contributed by atoms with Crippen molar-refractivity contribution in [3.8, 4) is 0 Å². The lowest BCUT2D eigenvalue weighted by atomic mass is 10.2. The molecule has 0 saturated heterocycles. The number of aromatic nitrogens is 2. The van der Waals surface area contributed by atoms with E-state index in [2.05, 4.69) is 10.4 Å².